The normalized spacial score (nSPS) is 16.9. The molecule has 2 aromatic rings. The van der Waals surface area contributed by atoms with Crippen LogP contribution in [0.2, 0.25) is 5.02 Å². The van der Waals surface area contributed by atoms with E-state index in [9.17, 15) is 9.90 Å². The zero-order valence-electron chi connectivity index (χ0n) is 14.1. The first-order valence-electron chi connectivity index (χ1n) is 8.44. The number of aliphatic hydroxyl groups is 2. The number of furan rings is 1. The van der Waals surface area contributed by atoms with Gasteiger partial charge in [0.25, 0.3) is 5.91 Å². The molecule has 0 saturated carbocycles. The summed E-state index contributed by atoms with van der Waals surface area (Å²) in [6.45, 7) is 2.66. The number of piperidine rings is 1. The average Bonchev–Trinajstić information content (AvgIpc) is 3.02. The van der Waals surface area contributed by atoms with Gasteiger partial charge in [-0.1, -0.05) is 23.7 Å². The third-order valence-corrected chi connectivity index (χ3v) is 5.18. The van der Waals surface area contributed by atoms with Gasteiger partial charge in [0.15, 0.2) is 0 Å². The molecule has 2 N–H and O–H groups in total. The molecule has 2 heterocycles. The van der Waals surface area contributed by atoms with E-state index in [1.807, 2.05) is 18.2 Å². The van der Waals surface area contributed by atoms with Crippen LogP contribution in [0.4, 0.5) is 0 Å². The first kappa shape index (κ1) is 18.0. The highest BCUT2D eigenvalue weighted by Gasteiger charge is 2.29. The number of amides is 1. The zero-order chi connectivity index (χ0) is 18.0. The van der Waals surface area contributed by atoms with E-state index >= 15 is 0 Å². The lowest BCUT2D eigenvalue weighted by Crippen LogP contribution is -2.42. The Kier molecular flexibility index (Phi) is 5.47. The maximum atomic E-state index is 12.8. The highest BCUT2D eigenvalue weighted by molar-refractivity contribution is 6.33. The Hall–Kier alpha value is -1.82. The second kappa shape index (κ2) is 7.60. The van der Waals surface area contributed by atoms with Crippen molar-refractivity contribution in [1.29, 1.82) is 0 Å². The largest absolute Gasteiger partial charge is 0.460 e. The first-order chi connectivity index (χ1) is 12.0. The van der Waals surface area contributed by atoms with E-state index in [1.54, 1.807) is 24.0 Å². The lowest BCUT2D eigenvalue weighted by Gasteiger charge is -2.33. The van der Waals surface area contributed by atoms with Crippen LogP contribution in [0.5, 0.6) is 0 Å². The maximum absolute atomic E-state index is 12.8. The van der Waals surface area contributed by atoms with E-state index in [0.717, 1.165) is 5.56 Å². The standard InChI is InChI=1S/C19H22ClNO4/c1-12-15(10-18(25-12)14-4-2-3-5-16(14)20)19(24)21-8-6-13(7-9-21)17(23)11-22/h2-5,10,13,17,22-23H,6-9,11H2,1H3. The predicted molar refractivity (Wildman–Crippen MR) is 95.6 cm³/mol. The van der Waals surface area contributed by atoms with Gasteiger partial charge in [-0.25, -0.2) is 0 Å². The molecule has 6 heteroatoms. The van der Waals surface area contributed by atoms with Crippen LogP contribution in [-0.2, 0) is 0 Å². The fraction of sp³-hybridized carbons (Fsp3) is 0.421. The number of aliphatic hydroxyl groups excluding tert-OH is 2. The van der Waals surface area contributed by atoms with Gasteiger partial charge in [-0.2, -0.15) is 0 Å². The number of rotatable bonds is 4. The van der Waals surface area contributed by atoms with E-state index in [0.29, 0.717) is 48.0 Å². The molecular formula is C19H22ClNO4. The lowest BCUT2D eigenvalue weighted by molar-refractivity contribution is 0.0178. The molecule has 1 aromatic heterocycles. The molecule has 1 fully saturated rings. The Labute approximate surface area is 151 Å². The Bertz CT molecular complexity index is 750. The molecule has 1 amide bonds. The number of aryl methyl sites for hydroxylation is 1. The molecule has 1 atom stereocenters. The SMILES string of the molecule is Cc1oc(-c2ccccc2Cl)cc1C(=O)N1CCC(C(O)CO)CC1. The fourth-order valence-corrected chi connectivity index (χ4v) is 3.52. The van der Waals surface area contributed by atoms with Gasteiger partial charge in [-0.15, -0.1) is 0 Å². The van der Waals surface area contributed by atoms with Gasteiger partial charge in [-0.3, -0.25) is 4.79 Å². The highest BCUT2D eigenvalue weighted by Crippen LogP contribution is 2.32. The Morgan fingerprint density at radius 1 is 1.36 bits per heavy atom. The van der Waals surface area contributed by atoms with Gasteiger partial charge in [0.05, 0.1) is 23.3 Å². The summed E-state index contributed by atoms with van der Waals surface area (Å²) in [4.78, 5) is 14.6. The molecule has 1 unspecified atom stereocenters. The minimum atomic E-state index is -0.709. The van der Waals surface area contributed by atoms with Gasteiger partial charge >= 0.3 is 0 Å². The van der Waals surface area contributed by atoms with Crippen molar-refractivity contribution in [3.05, 3.63) is 46.7 Å². The van der Waals surface area contributed by atoms with Crippen molar-refractivity contribution >= 4 is 17.5 Å². The highest BCUT2D eigenvalue weighted by atomic mass is 35.5. The van der Waals surface area contributed by atoms with Gasteiger partial charge < -0.3 is 19.5 Å². The third kappa shape index (κ3) is 3.73. The van der Waals surface area contributed by atoms with Crippen LogP contribution in [0.25, 0.3) is 11.3 Å². The van der Waals surface area contributed by atoms with Crippen molar-refractivity contribution in [1.82, 2.24) is 4.90 Å². The number of carbonyl (C=O) groups is 1. The fourth-order valence-electron chi connectivity index (χ4n) is 3.29. The second-order valence-corrected chi connectivity index (χ2v) is 6.85. The zero-order valence-corrected chi connectivity index (χ0v) is 14.9. The Balaban J connectivity index is 1.75. The molecule has 0 bridgehead atoms. The van der Waals surface area contributed by atoms with Crippen LogP contribution in [0.15, 0.2) is 34.7 Å². The monoisotopic (exact) mass is 363 g/mol. The molecule has 1 saturated heterocycles. The summed E-state index contributed by atoms with van der Waals surface area (Å²) in [7, 11) is 0. The second-order valence-electron chi connectivity index (χ2n) is 6.44. The number of hydrogen-bond acceptors (Lipinski definition) is 4. The van der Waals surface area contributed by atoms with Crippen molar-refractivity contribution in [2.75, 3.05) is 19.7 Å². The van der Waals surface area contributed by atoms with Crippen LogP contribution < -0.4 is 0 Å². The summed E-state index contributed by atoms with van der Waals surface area (Å²) in [6.07, 6.45) is 0.656. The van der Waals surface area contributed by atoms with Gasteiger partial charge in [-0.05, 0) is 43.9 Å². The van der Waals surface area contributed by atoms with Crippen molar-refractivity contribution in [3.63, 3.8) is 0 Å². The van der Waals surface area contributed by atoms with E-state index < -0.39 is 6.10 Å². The molecule has 3 rings (SSSR count). The van der Waals surface area contributed by atoms with E-state index in [1.165, 1.54) is 0 Å². The summed E-state index contributed by atoms with van der Waals surface area (Å²) in [6, 6.07) is 9.11. The average molecular weight is 364 g/mol. The molecule has 1 aliphatic rings. The first-order valence-corrected chi connectivity index (χ1v) is 8.82. The molecule has 1 aliphatic heterocycles. The summed E-state index contributed by atoms with van der Waals surface area (Å²) in [5.74, 6) is 1.11. The molecule has 5 nitrogen and oxygen atoms in total. The van der Waals surface area contributed by atoms with Gasteiger partial charge in [0.1, 0.15) is 11.5 Å². The van der Waals surface area contributed by atoms with Crippen LogP contribution in [0, 0.1) is 12.8 Å². The predicted octanol–water partition coefficient (Wildman–Crippen LogP) is 3.11. The molecule has 0 aliphatic carbocycles. The molecule has 1 aromatic carbocycles. The molecular weight excluding hydrogens is 342 g/mol. The molecule has 0 radical (unpaired) electrons. The molecule has 0 spiro atoms. The number of halogens is 1. The molecule has 25 heavy (non-hydrogen) atoms. The minimum absolute atomic E-state index is 0.0400. The molecule has 134 valence electrons. The van der Waals surface area contributed by atoms with Gasteiger partial charge in [0, 0.05) is 18.7 Å². The number of nitrogens with zero attached hydrogens (tertiary/aromatic N) is 1. The van der Waals surface area contributed by atoms with E-state index in [2.05, 4.69) is 0 Å². The van der Waals surface area contributed by atoms with Crippen molar-refractivity contribution < 1.29 is 19.4 Å². The van der Waals surface area contributed by atoms with Crippen LogP contribution in [-0.4, -0.2) is 46.8 Å². The number of hydrogen-bond donors (Lipinski definition) is 2. The minimum Gasteiger partial charge on any atom is -0.460 e. The van der Waals surface area contributed by atoms with Crippen molar-refractivity contribution in [2.45, 2.75) is 25.9 Å². The quantitative estimate of drug-likeness (QED) is 0.875. The summed E-state index contributed by atoms with van der Waals surface area (Å²) < 4.78 is 5.77. The number of benzene rings is 1. The van der Waals surface area contributed by atoms with Crippen molar-refractivity contribution in [2.24, 2.45) is 5.92 Å². The Morgan fingerprint density at radius 3 is 2.68 bits per heavy atom. The van der Waals surface area contributed by atoms with Crippen molar-refractivity contribution in [3.8, 4) is 11.3 Å². The van der Waals surface area contributed by atoms with Crippen LogP contribution in [0.1, 0.15) is 29.0 Å². The van der Waals surface area contributed by atoms with Gasteiger partial charge in [0.2, 0.25) is 0 Å². The lowest BCUT2D eigenvalue weighted by atomic mass is 9.91. The third-order valence-electron chi connectivity index (χ3n) is 4.85. The van der Waals surface area contributed by atoms with Crippen LogP contribution in [0.3, 0.4) is 0 Å². The summed E-state index contributed by atoms with van der Waals surface area (Å²) in [5, 5.41) is 19.4. The maximum Gasteiger partial charge on any atom is 0.257 e. The summed E-state index contributed by atoms with van der Waals surface area (Å²) in [5.41, 5.74) is 1.30. The van der Waals surface area contributed by atoms with E-state index in [-0.39, 0.29) is 18.4 Å². The smallest absolute Gasteiger partial charge is 0.257 e. The number of likely N-dealkylation sites (tertiary alicyclic amines) is 1. The Morgan fingerprint density at radius 2 is 2.04 bits per heavy atom. The number of carbonyl (C=O) groups excluding carboxylic acids is 1. The van der Waals surface area contributed by atoms with Crippen LogP contribution >= 0.6 is 11.6 Å². The van der Waals surface area contributed by atoms with E-state index in [4.69, 9.17) is 21.1 Å². The topological polar surface area (TPSA) is 73.9 Å². The summed E-state index contributed by atoms with van der Waals surface area (Å²) >= 11 is 6.21.